The molecule has 1 heterocycles. The van der Waals surface area contributed by atoms with E-state index >= 15 is 0 Å². The zero-order valence-corrected chi connectivity index (χ0v) is 12.6. The van der Waals surface area contributed by atoms with Crippen LogP contribution in [0.5, 0.6) is 0 Å². The van der Waals surface area contributed by atoms with E-state index in [1.54, 1.807) is 0 Å². The largest absolute Gasteiger partial charge is 0.354 e. The van der Waals surface area contributed by atoms with E-state index in [1.165, 1.54) is 31.2 Å². The van der Waals surface area contributed by atoms with Crippen LogP contribution in [-0.4, -0.2) is 11.1 Å². The van der Waals surface area contributed by atoms with Crippen LogP contribution in [0.3, 0.4) is 0 Å². The summed E-state index contributed by atoms with van der Waals surface area (Å²) in [5.74, 6) is 0. The lowest BCUT2D eigenvalue weighted by Gasteiger charge is -2.25. The second-order valence-electron chi connectivity index (χ2n) is 6.08. The van der Waals surface area contributed by atoms with Gasteiger partial charge in [0.1, 0.15) is 0 Å². The number of hydrogen-bond donors (Lipinski definition) is 1. The second kappa shape index (κ2) is 7.63. The Kier molecular flexibility index (Phi) is 6.48. The minimum atomic E-state index is 0.419. The van der Waals surface area contributed by atoms with Crippen molar-refractivity contribution in [3.8, 4) is 0 Å². The third-order valence-electron chi connectivity index (χ3n) is 3.57. The second-order valence-corrected chi connectivity index (χ2v) is 6.08. The highest BCUT2D eigenvalue weighted by Gasteiger charge is 2.16. The monoisotopic (exact) mass is 250 g/mol. The molecule has 1 rings (SSSR count). The topological polar surface area (TPSA) is 17.0 Å². The van der Waals surface area contributed by atoms with Crippen molar-refractivity contribution in [3.05, 3.63) is 24.0 Å². The molecule has 0 saturated heterocycles. The van der Waals surface area contributed by atoms with Crippen molar-refractivity contribution in [1.82, 2.24) is 9.88 Å². The molecule has 104 valence electrons. The van der Waals surface area contributed by atoms with Gasteiger partial charge in [0.15, 0.2) is 0 Å². The Morgan fingerprint density at radius 3 is 2.61 bits per heavy atom. The first-order valence-electron chi connectivity index (χ1n) is 7.43. The molecule has 1 aromatic rings. The van der Waals surface area contributed by atoms with Crippen LogP contribution in [0.2, 0.25) is 0 Å². The Morgan fingerprint density at radius 1 is 1.22 bits per heavy atom. The minimum Gasteiger partial charge on any atom is -0.354 e. The zero-order valence-electron chi connectivity index (χ0n) is 12.6. The van der Waals surface area contributed by atoms with Crippen LogP contribution < -0.4 is 5.32 Å². The molecule has 1 N–H and O–H groups in total. The molecule has 0 saturated carbocycles. The Labute approximate surface area is 113 Å². The predicted octanol–water partition coefficient (Wildman–Crippen LogP) is 4.20. The maximum Gasteiger partial charge on any atom is 0.0220 e. The van der Waals surface area contributed by atoms with Gasteiger partial charge in [0.2, 0.25) is 0 Å². The van der Waals surface area contributed by atoms with E-state index in [2.05, 4.69) is 56.0 Å². The van der Waals surface area contributed by atoms with Gasteiger partial charge in [-0.2, -0.15) is 0 Å². The van der Waals surface area contributed by atoms with Crippen LogP contribution in [0.25, 0.3) is 0 Å². The van der Waals surface area contributed by atoms with E-state index in [-0.39, 0.29) is 0 Å². The van der Waals surface area contributed by atoms with Gasteiger partial charge in [-0.15, -0.1) is 0 Å². The Balaban J connectivity index is 2.23. The minimum absolute atomic E-state index is 0.419. The Morgan fingerprint density at radius 2 is 2.00 bits per heavy atom. The van der Waals surface area contributed by atoms with E-state index in [0.717, 1.165) is 19.6 Å². The SMILES string of the molecule is CCCCCC(C)(C)CNCc1ccn(CC)c1. The quantitative estimate of drug-likeness (QED) is 0.650. The number of nitrogens with zero attached hydrogens (tertiary/aromatic N) is 1. The first-order valence-corrected chi connectivity index (χ1v) is 7.43. The summed E-state index contributed by atoms with van der Waals surface area (Å²) in [6.45, 7) is 12.3. The Bertz CT molecular complexity index is 326. The van der Waals surface area contributed by atoms with Gasteiger partial charge in [-0.3, -0.25) is 0 Å². The molecule has 0 atom stereocenters. The highest BCUT2D eigenvalue weighted by Crippen LogP contribution is 2.22. The number of rotatable bonds is 9. The third kappa shape index (κ3) is 5.72. The van der Waals surface area contributed by atoms with Crippen molar-refractivity contribution in [3.63, 3.8) is 0 Å². The molecule has 1 aromatic heterocycles. The van der Waals surface area contributed by atoms with Gasteiger partial charge >= 0.3 is 0 Å². The molecular formula is C16H30N2. The molecule has 0 aliphatic heterocycles. The van der Waals surface area contributed by atoms with E-state index < -0.39 is 0 Å². The number of aryl methyl sites for hydroxylation is 1. The van der Waals surface area contributed by atoms with Crippen molar-refractivity contribution in [2.45, 2.75) is 66.5 Å². The van der Waals surface area contributed by atoms with E-state index in [4.69, 9.17) is 0 Å². The molecule has 0 fully saturated rings. The summed E-state index contributed by atoms with van der Waals surface area (Å²) in [6, 6.07) is 2.21. The van der Waals surface area contributed by atoms with Crippen LogP contribution in [-0.2, 0) is 13.1 Å². The summed E-state index contributed by atoms with van der Waals surface area (Å²) in [5.41, 5.74) is 1.81. The van der Waals surface area contributed by atoms with Gasteiger partial charge in [-0.1, -0.05) is 40.0 Å². The summed E-state index contributed by atoms with van der Waals surface area (Å²) in [4.78, 5) is 0. The van der Waals surface area contributed by atoms with Crippen LogP contribution in [0.15, 0.2) is 18.5 Å². The number of hydrogen-bond acceptors (Lipinski definition) is 1. The molecule has 0 amide bonds. The molecule has 0 aromatic carbocycles. The van der Waals surface area contributed by atoms with Gasteiger partial charge in [0.05, 0.1) is 0 Å². The third-order valence-corrected chi connectivity index (χ3v) is 3.57. The van der Waals surface area contributed by atoms with E-state index in [0.29, 0.717) is 5.41 Å². The van der Waals surface area contributed by atoms with Crippen LogP contribution in [0.4, 0.5) is 0 Å². The van der Waals surface area contributed by atoms with E-state index in [1.807, 2.05) is 0 Å². The zero-order chi connectivity index (χ0) is 13.4. The fourth-order valence-electron chi connectivity index (χ4n) is 2.28. The molecular weight excluding hydrogens is 220 g/mol. The van der Waals surface area contributed by atoms with Crippen molar-refractivity contribution in [1.29, 1.82) is 0 Å². The van der Waals surface area contributed by atoms with Crippen molar-refractivity contribution >= 4 is 0 Å². The van der Waals surface area contributed by atoms with Gasteiger partial charge in [-0.05, 0) is 30.4 Å². The lowest BCUT2D eigenvalue weighted by molar-refractivity contribution is 0.302. The fourth-order valence-corrected chi connectivity index (χ4v) is 2.28. The normalized spacial score (nSPS) is 12.0. The maximum atomic E-state index is 3.59. The molecule has 2 heteroatoms. The summed E-state index contributed by atoms with van der Waals surface area (Å²) in [6.07, 6.45) is 9.75. The number of unbranched alkanes of at least 4 members (excludes halogenated alkanes) is 2. The first-order chi connectivity index (χ1) is 8.57. The standard InChI is InChI=1S/C16H30N2/c1-5-7-8-10-16(3,4)14-17-12-15-9-11-18(6-2)13-15/h9,11,13,17H,5-8,10,12,14H2,1-4H3. The lowest BCUT2D eigenvalue weighted by atomic mass is 9.87. The summed E-state index contributed by atoms with van der Waals surface area (Å²) in [5, 5.41) is 3.59. The van der Waals surface area contributed by atoms with Gasteiger partial charge in [-0.25, -0.2) is 0 Å². The molecule has 0 aliphatic rings. The summed E-state index contributed by atoms with van der Waals surface area (Å²) < 4.78 is 2.23. The molecule has 0 aliphatic carbocycles. The van der Waals surface area contributed by atoms with Gasteiger partial charge < -0.3 is 9.88 Å². The van der Waals surface area contributed by atoms with Crippen LogP contribution in [0.1, 0.15) is 58.9 Å². The first kappa shape index (κ1) is 15.3. The molecule has 0 bridgehead atoms. The lowest BCUT2D eigenvalue weighted by Crippen LogP contribution is -2.29. The van der Waals surface area contributed by atoms with Gasteiger partial charge in [0.25, 0.3) is 0 Å². The number of nitrogens with one attached hydrogen (secondary N) is 1. The molecule has 0 unspecified atom stereocenters. The van der Waals surface area contributed by atoms with Crippen LogP contribution >= 0.6 is 0 Å². The number of aromatic nitrogens is 1. The van der Waals surface area contributed by atoms with Gasteiger partial charge in [0, 0.05) is 32.0 Å². The molecule has 18 heavy (non-hydrogen) atoms. The van der Waals surface area contributed by atoms with Crippen molar-refractivity contribution < 1.29 is 0 Å². The summed E-state index contributed by atoms with van der Waals surface area (Å²) in [7, 11) is 0. The highest BCUT2D eigenvalue weighted by molar-refractivity contribution is 5.09. The smallest absolute Gasteiger partial charge is 0.0220 e. The predicted molar refractivity (Wildman–Crippen MR) is 79.7 cm³/mol. The fraction of sp³-hybridized carbons (Fsp3) is 0.750. The average Bonchev–Trinajstić information content (AvgIpc) is 2.77. The van der Waals surface area contributed by atoms with Crippen molar-refractivity contribution in [2.75, 3.05) is 6.54 Å². The maximum absolute atomic E-state index is 3.59. The molecule has 2 nitrogen and oxygen atoms in total. The highest BCUT2D eigenvalue weighted by atomic mass is 14.9. The Hall–Kier alpha value is -0.760. The molecule has 0 spiro atoms. The average molecular weight is 250 g/mol. The van der Waals surface area contributed by atoms with Crippen LogP contribution in [0, 0.1) is 5.41 Å². The summed E-state index contributed by atoms with van der Waals surface area (Å²) >= 11 is 0. The van der Waals surface area contributed by atoms with E-state index in [9.17, 15) is 0 Å². The molecule has 0 radical (unpaired) electrons. The van der Waals surface area contributed by atoms with Crippen molar-refractivity contribution in [2.24, 2.45) is 5.41 Å².